The van der Waals surface area contributed by atoms with Gasteiger partial charge in [0.2, 0.25) is 5.88 Å². The molecular formula is C13H22N4O2. The molecule has 2 rings (SSSR count). The van der Waals surface area contributed by atoms with E-state index in [4.69, 9.17) is 15.3 Å². The van der Waals surface area contributed by atoms with Gasteiger partial charge in [-0.1, -0.05) is 0 Å². The van der Waals surface area contributed by atoms with Gasteiger partial charge in [-0.25, -0.2) is 10.8 Å². The molecule has 0 spiro atoms. The number of ether oxygens (including phenoxy) is 2. The number of anilines is 1. The minimum atomic E-state index is 0.207. The van der Waals surface area contributed by atoms with E-state index in [1.54, 1.807) is 0 Å². The first-order chi connectivity index (χ1) is 9.11. The molecule has 1 aromatic heterocycles. The van der Waals surface area contributed by atoms with E-state index in [2.05, 4.69) is 15.4 Å². The average Bonchev–Trinajstić information content (AvgIpc) is 3.20. The van der Waals surface area contributed by atoms with Crippen molar-refractivity contribution in [2.75, 3.05) is 18.6 Å². The number of rotatable bonds is 7. The highest BCUT2D eigenvalue weighted by atomic mass is 16.5. The number of hydrazine groups is 1. The minimum absolute atomic E-state index is 0.207. The van der Waals surface area contributed by atoms with E-state index < -0.39 is 0 Å². The highest BCUT2D eigenvalue weighted by molar-refractivity contribution is 5.48. The van der Waals surface area contributed by atoms with Crippen molar-refractivity contribution in [3.8, 4) is 5.88 Å². The Labute approximate surface area is 113 Å². The van der Waals surface area contributed by atoms with Crippen LogP contribution in [0.4, 0.5) is 5.82 Å². The zero-order valence-electron chi connectivity index (χ0n) is 11.8. The van der Waals surface area contributed by atoms with Crippen molar-refractivity contribution in [1.82, 2.24) is 9.97 Å². The van der Waals surface area contributed by atoms with E-state index in [9.17, 15) is 0 Å². The third-order valence-electron chi connectivity index (χ3n) is 2.97. The molecule has 0 amide bonds. The summed E-state index contributed by atoms with van der Waals surface area (Å²) in [6.07, 6.45) is 2.49. The lowest BCUT2D eigenvalue weighted by Crippen LogP contribution is -2.16. The standard InChI is InChI=1S/C13H22N4O2/c1-8(2)18-6-7-19-13-9(3)11(17-14)15-12(16-13)10-4-5-10/h8,10H,4-7,14H2,1-3H3,(H,15,16,17). The van der Waals surface area contributed by atoms with Crippen molar-refractivity contribution in [3.05, 3.63) is 11.4 Å². The van der Waals surface area contributed by atoms with Crippen LogP contribution in [0.2, 0.25) is 0 Å². The second-order valence-corrected chi connectivity index (χ2v) is 5.05. The van der Waals surface area contributed by atoms with E-state index in [-0.39, 0.29) is 6.10 Å². The summed E-state index contributed by atoms with van der Waals surface area (Å²) >= 11 is 0. The van der Waals surface area contributed by atoms with Crippen LogP contribution in [0.25, 0.3) is 0 Å². The number of aromatic nitrogens is 2. The number of hydrogen-bond donors (Lipinski definition) is 2. The fourth-order valence-corrected chi connectivity index (χ4v) is 1.74. The number of nitrogens with zero attached hydrogens (tertiary/aromatic N) is 2. The van der Waals surface area contributed by atoms with Crippen molar-refractivity contribution in [1.29, 1.82) is 0 Å². The smallest absolute Gasteiger partial charge is 0.221 e. The van der Waals surface area contributed by atoms with Gasteiger partial charge in [-0.3, -0.25) is 0 Å². The molecule has 1 fully saturated rings. The van der Waals surface area contributed by atoms with Crippen LogP contribution in [0.1, 0.15) is 44.0 Å². The summed E-state index contributed by atoms with van der Waals surface area (Å²) in [5.74, 6) is 7.99. The maximum absolute atomic E-state index is 5.68. The highest BCUT2D eigenvalue weighted by Crippen LogP contribution is 2.39. The van der Waals surface area contributed by atoms with Crippen LogP contribution < -0.4 is 16.0 Å². The number of nitrogens with one attached hydrogen (secondary N) is 1. The fourth-order valence-electron chi connectivity index (χ4n) is 1.74. The zero-order chi connectivity index (χ0) is 13.8. The van der Waals surface area contributed by atoms with Crippen molar-refractivity contribution >= 4 is 5.82 Å². The molecule has 1 aliphatic rings. The van der Waals surface area contributed by atoms with Crippen LogP contribution in [-0.4, -0.2) is 29.3 Å². The third-order valence-corrected chi connectivity index (χ3v) is 2.97. The van der Waals surface area contributed by atoms with Gasteiger partial charge >= 0.3 is 0 Å². The van der Waals surface area contributed by atoms with Crippen LogP contribution >= 0.6 is 0 Å². The quantitative estimate of drug-likeness (QED) is 0.444. The van der Waals surface area contributed by atoms with Gasteiger partial charge in [0.15, 0.2) is 0 Å². The van der Waals surface area contributed by atoms with Gasteiger partial charge in [-0.15, -0.1) is 0 Å². The Morgan fingerprint density at radius 1 is 1.32 bits per heavy atom. The minimum Gasteiger partial charge on any atom is -0.475 e. The largest absolute Gasteiger partial charge is 0.475 e. The van der Waals surface area contributed by atoms with E-state index in [0.29, 0.717) is 30.8 Å². The number of nitrogen functional groups attached to an aromatic ring is 1. The van der Waals surface area contributed by atoms with Gasteiger partial charge in [0.25, 0.3) is 0 Å². The Bertz CT molecular complexity index is 433. The SMILES string of the molecule is Cc1c(NN)nc(C2CC2)nc1OCCOC(C)C. The number of hydrogen-bond acceptors (Lipinski definition) is 6. The predicted octanol–water partition coefficient (Wildman–Crippen LogP) is 1.75. The van der Waals surface area contributed by atoms with Gasteiger partial charge in [0.1, 0.15) is 18.2 Å². The molecule has 1 heterocycles. The van der Waals surface area contributed by atoms with Crippen LogP contribution in [-0.2, 0) is 4.74 Å². The van der Waals surface area contributed by atoms with Gasteiger partial charge in [0, 0.05) is 5.92 Å². The Morgan fingerprint density at radius 2 is 2.05 bits per heavy atom. The summed E-state index contributed by atoms with van der Waals surface area (Å²) in [4.78, 5) is 8.89. The molecule has 1 aromatic rings. The van der Waals surface area contributed by atoms with Crippen LogP contribution in [0.3, 0.4) is 0 Å². The van der Waals surface area contributed by atoms with Crippen LogP contribution in [0, 0.1) is 6.92 Å². The van der Waals surface area contributed by atoms with E-state index in [0.717, 1.165) is 24.2 Å². The monoisotopic (exact) mass is 266 g/mol. The molecular weight excluding hydrogens is 244 g/mol. The normalized spacial score (nSPS) is 14.8. The van der Waals surface area contributed by atoms with Gasteiger partial charge < -0.3 is 14.9 Å². The second-order valence-electron chi connectivity index (χ2n) is 5.05. The van der Waals surface area contributed by atoms with Gasteiger partial charge in [-0.2, -0.15) is 4.98 Å². The van der Waals surface area contributed by atoms with Gasteiger partial charge in [0.05, 0.1) is 18.3 Å². The summed E-state index contributed by atoms with van der Waals surface area (Å²) in [5.41, 5.74) is 3.44. The Balaban J connectivity index is 2.03. The van der Waals surface area contributed by atoms with Crippen molar-refractivity contribution in [2.45, 2.75) is 45.6 Å². The topological polar surface area (TPSA) is 82.3 Å². The maximum atomic E-state index is 5.68. The van der Waals surface area contributed by atoms with Gasteiger partial charge in [-0.05, 0) is 33.6 Å². The van der Waals surface area contributed by atoms with Crippen molar-refractivity contribution < 1.29 is 9.47 Å². The molecule has 1 saturated carbocycles. The molecule has 0 atom stereocenters. The Morgan fingerprint density at radius 3 is 2.63 bits per heavy atom. The molecule has 6 heteroatoms. The summed E-state index contributed by atoms with van der Waals surface area (Å²) in [6.45, 7) is 6.91. The fraction of sp³-hybridized carbons (Fsp3) is 0.692. The molecule has 0 aliphatic heterocycles. The second kappa shape index (κ2) is 6.16. The van der Waals surface area contributed by atoms with Crippen molar-refractivity contribution in [3.63, 3.8) is 0 Å². The van der Waals surface area contributed by atoms with Crippen LogP contribution in [0.5, 0.6) is 5.88 Å². The lowest BCUT2D eigenvalue weighted by atomic mass is 10.3. The summed E-state index contributed by atoms with van der Waals surface area (Å²) in [5, 5.41) is 0. The maximum Gasteiger partial charge on any atom is 0.221 e. The highest BCUT2D eigenvalue weighted by Gasteiger charge is 2.28. The molecule has 0 aromatic carbocycles. The molecule has 3 N–H and O–H groups in total. The zero-order valence-corrected chi connectivity index (χ0v) is 11.8. The molecule has 19 heavy (non-hydrogen) atoms. The average molecular weight is 266 g/mol. The van der Waals surface area contributed by atoms with E-state index in [1.165, 1.54) is 0 Å². The Hall–Kier alpha value is -1.40. The molecule has 106 valence electrons. The predicted molar refractivity (Wildman–Crippen MR) is 73.1 cm³/mol. The summed E-state index contributed by atoms with van der Waals surface area (Å²) in [6, 6.07) is 0. The molecule has 0 saturated heterocycles. The molecule has 0 bridgehead atoms. The molecule has 6 nitrogen and oxygen atoms in total. The first-order valence-corrected chi connectivity index (χ1v) is 6.71. The van der Waals surface area contributed by atoms with Crippen LogP contribution in [0.15, 0.2) is 0 Å². The van der Waals surface area contributed by atoms with E-state index >= 15 is 0 Å². The Kier molecular flexibility index (Phi) is 4.55. The molecule has 0 radical (unpaired) electrons. The lowest BCUT2D eigenvalue weighted by Gasteiger charge is -2.13. The first-order valence-electron chi connectivity index (χ1n) is 6.71. The summed E-state index contributed by atoms with van der Waals surface area (Å²) < 4.78 is 11.1. The first kappa shape index (κ1) is 14.0. The molecule has 0 unspecified atom stereocenters. The molecule has 1 aliphatic carbocycles. The number of nitrogens with two attached hydrogens (primary N) is 1. The van der Waals surface area contributed by atoms with E-state index in [1.807, 2.05) is 20.8 Å². The third kappa shape index (κ3) is 3.78. The lowest BCUT2D eigenvalue weighted by molar-refractivity contribution is 0.0540. The van der Waals surface area contributed by atoms with Crippen molar-refractivity contribution in [2.24, 2.45) is 5.84 Å². The summed E-state index contributed by atoms with van der Waals surface area (Å²) in [7, 11) is 0.